The van der Waals surface area contributed by atoms with E-state index in [0.29, 0.717) is 0 Å². The summed E-state index contributed by atoms with van der Waals surface area (Å²) in [6.07, 6.45) is 3.86. The highest BCUT2D eigenvalue weighted by Gasteiger charge is 2.12. The van der Waals surface area contributed by atoms with E-state index >= 15 is 0 Å². The van der Waals surface area contributed by atoms with Crippen LogP contribution in [-0.4, -0.2) is 9.38 Å². The van der Waals surface area contributed by atoms with Crippen molar-refractivity contribution in [3.63, 3.8) is 0 Å². The van der Waals surface area contributed by atoms with Crippen LogP contribution in [0, 0.1) is 0 Å². The van der Waals surface area contributed by atoms with Crippen LogP contribution in [-0.2, 0) is 0 Å². The molecule has 0 aliphatic heterocycles. The van der Waals surface area contributed by atoms with Crippen molar-refractivity contribution in [2.24, 2.45) is 0 Å². The summed E-state index contributed by atoms with van der Waals surface area (Å²) in [5.74, 6) is 0. The van der Waals surface area contributed by atoms with Crippen LogP contribution in [0.15, 0.2) is 85.3 Å². The van der Waals surface area contributed by atoms with Crippen molar-refractivity contribution in [1.82, 2.24) is 9.38 Å². The highest BCUT2D eigenvalue weighted by molar-refractivity contribution is 6.26. The van der Waals surface area contributed by atoms with Gasteiger partial charge in [-0.25, -0.2) is 4.98 Å². The molecule has 0 saturated heterocycles. The Hall–Kier alpha value is -3.39. The van der Waals surface area contributed by atoms with E-state index in [1.165, 1.54) is 43.2 Å². The second-order valence-corrected chi connectivity index (χ2v) is 6.54. The third-order valence-electron chi connectivity index (χ3n) is 5.27. The Morgan fingerprint density at radius 2 is 1.28 bits per heavy atom. The van der Waals surface area contributed by atoms with Gasteiger partial charge in [0.1, 0.15) is 0 Å². The zero-order chi connectivity index (χ0) is 16.4. The molecule has 0 radical (unpaired) electrons. The average Bonchev–Trinajstić information content (AvgIpc) is 3.17. The van der Waals surface area contributed by atoms with Gasteiger partial charge < -0.3 is 0 Å². The summed E-state index contributed by atoms with van der Waals surface area (Å²) in [6, 6.07) is 26.2. The smallest absolute Gasteiger partial charge is 0.0997 e. The molecule has 4 aromatic carbocycles. The molecule has 0 amide bonds. The minimum Gasteiger partial charge on any atom is -0.298 e. The first-order chi connectivity index (χ1) is 12.4. The van der Waals surface area contributed by atoms with Crippen LogP contribution in [0.1, 0.15) is 0 Å². The van der Waals surface area contributed by atoms with Gasteiger partial charge in [0.2, 0.25) is 0 Å². The number of nitrogens with zero attached hydrogens (tertiary/aromatic N) is 2. The van der Waals surface area contributed by atoms with E-state index in [-0.39, 0.29) is 0 Å². The summed E-state index contributed by atoms with van der Waals surface area (Å²) in [5.41, 5.74) is 2.35. The summed E-state index contributed by atoms with van der Waals surface area (Å²) in [4.78, 5) is 4.39. The molecule has 0 bridgehead atoms. The fourth-order valence-electron chi connectivity index (χ4n) is 4.17. The lowest BCUT2D eigenvalue weighted by molar-refractivity contribution is 1.22. The van der Waals surface area contributed by atoms with Crippen molar-refractivity contribution in [3.05, 3.63) is 85.3 Å². The van der Waals surface area contributed by atoms with Crippen molar-refractivity contribution in [1.29, 1.82) is 0 Å². The Morgan fingerprint density at radius 3 is 2.24 bits per heavy atom. The number of benzene rings is 4. The van der Waals surface area contributed by atoms with Gasteiger partial charge in [0.25, 0.3) is 0 Å². The molecule has 0 atom stereocenters. The number of imidazole rings is 1. The molecule has 2 heterocycles. The normalized spacial score (nSPS) is 12.0. The van der Waals surface area contributed by atoms with E-state index in [0.717, 1.165) is 5.52 Å². The standard InChI is InChI=1S/C23H14N2/c1-2-6-16-15(5-1)9-10-18-17(16)11-12-20-22-13-24-14-25(22)21-8-4-3-7-19(21)23(18)20/h1-14H. The molecule has 0 unspecified atom stereocenters. The van der Waals surface area contributed by atoms with Crippen LogP contribution in [0.2, 0.25) is 0 Å². The number of fused-ring (bicyclic) bond motifs is 10. The molecule has 0 aliphatic carbocycles. The fraction of sp³-hybridized carbons (Fsp3) is 0. The summed E-state index contributed by atoms with van der Waals surface area (Å²) < 4.78 is 2.19. The highest BCUT2D eigenvalue weighted by atomic mass is 15.0. The van der Waals surface area contributed by atoms with E-state index in [4.69, 9.17) is 0 Å². The van der Waals surface area contributed by atoms with Crippen LogP contribution in [0.25, 0.3) is 48.7 Å². The second kappa shape index (κ2) is 4.58. The van der Waals surface area contributed by atoms with Gasteiger partial charge in [-0.2, -0.15) is 0 Å². The molecule has 0 N–H and O–H groups in total. The number of rotatable bonds is 0. The van der Waals surface area contributed by atoms with Crippen LogP contribution in [0.4, 0.5) is 0 Å². The topological polar surface area (TPSA) is 17.3 Å². The predicted molar refractivity (Wildman–Crippen MR) is 105 cm³/mol. The first-order valence-corrected chi connectivity index (χ1v) is 8.49. The van der Waals surface area contributed by atoms with Crippen LogP contribution in [0.5, 0.6) is 0 Å². The monoisotopic (exact) mass is 318 g/mol. The van der Waals surface area contributed by atoms with E-state index in [2.05, 4.69) is 82.2 Å². The molecular formula is C23H14N2. The number of para-hydroxylation sites is 1. The average molecular weight is 318 g/mol. The fourth-order valence-corrected chi connectivity index (χ4v) is 4.17. The molecule has 116 valence electrons. The number of hydrogen-bond acceptors (Lipinski definition) is 1. The van der Waals surface area contributed by atoms with Crippen molar-refractivity contribution in [2.75, 3.05) is 0 Å². The van der Waals surface area contributed by atoms with E-state index in [9.17, 15) is 0 Å². The Labute approximate surface area is 143 Å². The molecule has 6 rings (SSSR count). The molecule has 2 aromatic heterocycles. The molecule has 6 aromatic rings. The lowest BCUT2D eigenvalue weighted by Gasteiger charge is -2.12. The summed E-state index contributed by atoms with van der Waals surface area (Å²) >= 11 is 0. The van der Waals surface area contributed by atoms with Gasteiger partial charge in [-0.1, -0.05) is 66.7 Å². The first-order valence-electron chi connectivity index (χ1n) is 8.49. The summed E-state index contributed by atoms with van der Waals surface area (Å²) in [5, 5.41) is 9.02. The lowest BCUT2D eigenvalue weighted by Crippen LogP contribution is -1.90. The molecular weight excluding hydrogens is 304 g/mol. The maximum atomic E-state index is 4.39. The highest BCUT2D eigenvalue weighted by Crippen LogP contribution is 2.37. The lowest BCUT2D eigenvalue weighted by atomic mass is 9.95. The molecule has 0 fully saturated rings. The second-order valence-electron chi connectivity index (χ2n) is 6.54. The quantitative estimate of drug-likeness (QED) is 0.316. The summed E-state index contributed by atoms with van der Waals surface area (Å²) in [7, 11) is 0. The van der Waals surface area contributed by atoms with Crippen molar-refractivity contribution in [3.8, 4) is 0 Å². The molecule has 0 saturated carbocycles. The molecule has 0 aliphatic rings. The van der Waals surface area contributed by atoms with Crippen molar-refractivity contribution in [2.45, 2.75) is 0 Å². The Morgan fingerprint density at radius 1 is 0.560 bits per heavy atom. The zero-order valence-corrected chi connectivity index (χ0v) is 13.5. The van der Waals surface area contributed by atoms with Crippen LogP contribution < -0.4 is 0 Å². The molecule has 25 heavy (non-hydrogen) atoms. The third kappa shape index (κ3) is 1.61. The molecule has 0 spiro atoms. The molecule has 2 nitrogen and oxygen atoms in total. The van der Waals surface area contributed by atoms with Gasteiger partial charge in [-0.05, 0) is 27.6 Å². The van der Waals surface area contributed by atoms with E-state index < -0.39 is 0 Å². The van der Waals surface area contributed by atoms with E-state index in [1.807, 2.05) is 12.5 Å². The predicted octanol–water partition coefficient (Wildman–Crippen LogP) is 5.95. The van der Waals surface area contributed by atoms with Gasteiger partial charge in [0, 0.05) is 16.2 Å². The maximum Gasteiger partial charge on any atom is 0.0997 e. The SMILES string of the molecule is c1ccc2c(c1)ccc1c2ccc2c1c1ccccc1n1cncc21. The Kier molecular flexibility index (Phi) is 2.37. The number of hydrogen-bond donors (Lipinski definition) is 0. The number of aromatic nitrogens is 2. The Bertz CT molecular complexity index is 1440. The minimum atomic E-state index is 1.16. The van der Waals surface area contributed by atoms with Gasteiger partial charge in [-0.15, -0.1) is 0 Å². The van der Waals surface area contributed by atoms with Gasteiger partial charge >= 0.3 is 0 Å². The van der Waals surface area contributed by atoms with Crippen molar-refractivity contribution < 1.29 is 0 Å². The van der Waals surface area contributed by atoms with Gasteiger partial charge in [0.15, 0.2) is 0 Å². The largest absolute Gasteiger partial charge is 0.298 e. The number of pyridine rings is 1. The first kappa shape index (κ1) is 13.0. The summed E-state index contributed by atoms with van der Waals surface area (Å²) in [6.45, 7) is 0. The Balaban J connectivity index is 2.00. The molecule has 2 heteroatoms. The van der Waals surface area contributed by atoms with Crippen LogP contribution in [0.3, 0.4) is 0 Å². The van der Waals surface area contributed by atoms with Crippen LogP contribution >= 0.6 is 0 Å². The van der Waals surface area contributed by atoms with Gasteiger partial charge in [-0.3, -0.25) is 4.40 Å². The minimum absolute atomic E-state index is 1.16. The zero-order valence-electron chi connectivity index (χ0n) is 13.5. The maximum absolute atomic E-state index is 4.39. The van der Waals surface area contributed by atoms with E-state index in [1.54, 1.807) is 0 Å². The van der Waals surface area contributed by atoms with Gasteiger partial charge in [0.05, 0.1) is 23.6 Å². The third-order valence-corrected chi connectivity index (χ3v) is 5.27. The van der Waals surface area contributed by atoms with Crippen molar-refractivity contribution >= 4 is 48.7 Å².